The van der Waals surface area contributed by atoms with Gasteiger partial charge in [-0.25, -0.2) is 9.78 Å². The minimum atomic E-state index is -0.139. The predicted octanol–water partition coefficient (Wildman–Crippen LogP) is 3.75. The largest absolute Gasteiger partial charge is 0.496 e. The van der Waals surface area contributed by atoms with Gasteiger partial charge in [0.2, 0.25) is 0 Å². The van der Waals surface area contributed by atoms with Crippen LogP contribution in [-0.4, -0.2) is 34.1 Å². The van der Waals surface area contributed by atoms with Gasteiger partial charge in [0, 0.05) is 31.5 Å². The summed E-state index contributed by atoms with van der Waals surface area (Å²) in [4.78, 5) is 19.2. The average molecular weight is 358 g/mol. The van der Waals surface area contributed by atoms with Crippen molar-refractivity contribution in [2.75, 3.05) is 13.7 Å². The lowest BCUT2D eigenvalue weighted by Crippen LogP contribution is -2.43. The second-order valence-electron chi connectivity index (χ2n) is 6.80. The molecule has 26 heavy (non-hydrogen) atoms. The number of urea groups is 1. The first kappa shape index (κ1) is 19.8. The van der Waals surface area contributed by atoms with E-state index < -0.39 is 0 Å². The molecule has 0 bridgehead atoms. The number of nitrogens with zero attached hydrogens (tertiary/aromatic N) is 3. The van der Waals surface area contributed by atoms with Crippen molar-refractivity contribution in [2.45, 2.75) is 39.8 Å². The number of amides is 2. The lowest BCUT2D eigenvalue weighted by atomic mass is 10.0. The maximum absolute atomic E-state index is 13.0. The van der Waals surface area contributed by atoms with Gasteiger partial charge in [-0.1, -0.05) is 39.0 Å². The Bertz CT molecular complexity index is 711. The van der Waals surface area contributed by atoms with Gasteiger partial charge in [-0.2, -0.15) is 0 Å². The number of benzene rings is 1. The Morgan fingerprint density at radius 3 is 2.65 bits per heavy atom. The van der Waals surface area contributed by atoms with Gasteiger partial charge in [-0.15, -0.1) is 0 Å². The summed E-state index contributed by atoms with van der Waals surface area (Å²) in [6.07, 6.45) is 4.54. The summed E-state index contributed by atoms with van der Waals surface area (Å²) in [5.41, 5.74) is 0.997. The van der Waals surface area contributed by atoms with Crippen molar-refractivity contribution in [3.05, 3.63) is 48.0 Å². The molecule has 0 aliphatic rings. The Kier molecular flexibility index (Phi) is 7.06. The number of ether oxygens (including phenoxy) is 1. The van der Waals surface area contributed by atoms with Crippen LogP contribution in [0.1, 0.15) is 44.6 Å². The summed E-state index contributed by atoms with van der Waals surface area (Å²) in [5.74, 6) is 1.89. The van der Waals surface area contributed by atoms with Gasteiger partial charge < -0.3 is 19.5 Å². The molecule has 2 amide bonds. The van der Waals surface area contributed by atoms with Crippen LogP contribution in [0.25, 0.3) is 0 Å². The molecule has 0 aliphatic carbocycles. The smallest absolute Gasteiger partial charge is 0.318 e. The van der Waals surface area contributed by atoms with Crippen LogP contribution >= 0.6 is 0 Å². The lowest BCUT2D eigenvalue weighted by Gasteiger charge is -2.28. The van der Waals surface area contributed by atoms with E-state index in [-0.39, 0.29) is 18.0 Å². The molecule has 1 heterocycles. The molecule has 0 saturated carbocycles. The Balaban J connectivity index is 2.18. The van der Waals surface area contributed by atoms with Gasteiger partial charge in [-0.05, 0) is 18.4 Å². The molecule has 6 heteroatoms. The molecule has 142 valence electrons. The van der Waals surface area contributed by atoms with Gasteiger partial charge in [0.15, 0.2) is 0 Å². The predicted molar refractivity (Wildman–Crippen MR) is 103 cm³/mol. The average Bonchev–Trinajstić information content (AvgIpc) is 3.04. The van der Waals surface area contributed by atoms with Crippen molar-refractivity contribution in [2.24, 2.45) is 13.0 Å². The van der Waals surface area contributed by atoms with Crippen LogP contribution in [0.4, 0.5) is 4.79 Å². The van der Waals surface area contributed by atoms with Crippen molar-refractivity contribution in [3.63, 3.8) is 0 Å². The molecule has 0 saturated heterocycles. The number of hydrogen-bond acceptors (Lipinski definition) is 3. The zero-order valence-corrected chi connectivity index (χ0v) is 16.4. The summed E-state index contributed by atoms with van der Waals surface area (Å²) in [6.45, 7) is 7.43. The number of carbonyl (C=O) groups is 1. The van der Waals surface area contributed by atoms with Gasteiger partial charge in [0.1, 0.15) is 11.6 Å². The monoisotopic (exact) mass is 358 g/mol. The first-order valence-electron chi connectivity index (χ1n) is 9.12. The van der Waals surface area contributed by atoms with Gasteiger partial charge >= 0.3 is 6.03 Å². The summed E-state index contributed by atoms with van der Waals surface area (Å²) in [5, 5.41) is 3.17. The molecule has 1 N–H and O–H groups in total. The fraction of sp³-hybridized carbons (Fsp3) is 0.500. The second-order valence-corrected chi connectivity index (χ2v) is 6.80. The molecule has 0 spiro atoms. The standard InChI is InChI=1S/C20H30N4O2/c1-6-12-24(14-16-9-7-8-10-17(16)26-5)20(25)22-18(15(2)3)19-21-11-13-23(19)4/h7-11,13,15,18H,6,12,14H2,1-5H3,(H,22,25)/t18-/m0/s1. The highest BCUT2D eigenvalue weighted by atomic mass is 16.5. The zero-order valence-electron chi connectivity index (χ0n) is 16.4. The summed E-state index contributed by atoms with van der Waals surface area (Å²) < 4.78 is 7.38. The summed E-state index contributed by atoms with van der Waals surface area (Å²) in [6, 6.07) is 7.59. The molecule has 1 atom stereocenters. The number of hydrogen-bond donors (Lipinski definition) is 1. The van der Waals surface area contributed by atoms with E-state index in [0.29, 0.717) is 13.1 Å². The first-order chi connectivity index (χ1) is 12.5. The van der Waals surface area contributed by atoms with Crippen LogP contribution in [0, 0.1) is 5.92 Å². The number of rotatable bonds is 8. The highest BCUT2D eigenvalue weighted by molar-refractivity contribution is 5.74. The van der Waals surface area contributed by atoms with Crippen LogP contribution in [0.2, 0.25) is 0 Å². The first-order valence-corrected chi connectivity index (χ1v) is 9.12. The quantitative estimate of drug-likeness (QED) is 0.782. The van der Waals surface area contributed by atoms with Crippen LogP contribution in [0.5, 0.6) is 5.75 Å². The SMILES string of the molecule is CCCN(Cc1ccccc1OC)C(=O)N[C@H](c1nccn1C)C(C)C. The number of methoxy groups -OCH3 is 1. The molecule has 1 aromatic heterocycles. The van der Waals surface area contributed by atoms with E-state index in [1.807, 2.05) is 47.0 Å². The minimum Gasteiger partial charge on any atom is -0.496 e. The maximum atomic E-state index is 13.0. The van der Waals surface area contributed by atoms with Crippen molar-refractivity contribution >= 4 is 6.03 Å². The summed E-state index contributed by atoms with van der Waals surface area (Å²) in [7, 11) is 3.60. The third-order valence-electron chi connectivity index (χ3n) is 4.42. The Hall–Kier alpha value is -2.50. The number of aryl methyl sites for hydroxylation is 1. The molecule has 2 rings (SSSR count). The molecule has 6 nitrogen and oxygen atoms in total. The highest BCUT2D eigenvalue weighted by Gasteiger charge is 2.25. The molecular formula is C20H30N4O2. The van der Waals surface area contributed by atoms with Gasteiger partial charge in [0.25, 0.3) is 0 Å². The Morgan fingerprint density at radius 1 is 1.35 bits per heavy atom. The van der Waals surface area contributed by atoms with E-state index >= 15 is 0 Å². The third-order valence-corrected chi connectivity index (χ3v) is 4.42. The normalized spacial score (nSPS) is 12.1. The number of carbonyl (C=O) groups excluding carboxylic acids is 1. The topological polar surface area (TPSA) is 59.4 Å². The zero-order chi connectivity index (χ0) is 19.1. The Morgan fingerprint density at radius 2 is 2.08 bits per heavy atom. The molecular weight excluding hydrogens is 328 g/mol. The van der Waals surface area contributed by atoms with Gasteiger partial charge in [-0.3, -0.25) is 0 Å². The lowest BCUT2D eigenvalue weighted by molar-refractivity contribution is 0.185. The van der Waals surface area contributed by atoms with Crippen molar-refractivity contribution in [1.82, 2.24) is 19.8 Å². The second kappa shape index (κ2) is 9.27. The van der Waals surface area contributed by atoms with E-state index in [4.69, 9.17) is 4.74 Å². The fourth-order valence-corrected chi connectivity index (χ4v) is 2.99. The number of nitrogens with one attached hydrogen (secondary N) is 1. The van der Waals surface area contributed by atoms with E-state index in [0.717, 1.165) is 23.6 Å². The van der Waals surface area contributed by atoms with Crippen molar-refractivity contribution < 1.29 is 9.53 Å². The highest BCUT2D eigenvalue weighted by Crippen LogP contribution is 2.22. The van der Waals surface area contributed by atoms with Crippen LogP contribution in [0.15, 0.2) is 36.7 Å². The van der Waals surface area contributed by atoms with Crippen molar-refractivity contribution in [3.8, 4) is 5.75 Å². The number of imidazole rings is 1. The van der Waals surface area contributed by atoms with E-state index in [1.165, 1.54) is 0 Å². The van der Waals surface area contributed by atoms with E-state index in [9.17, 15) is 4.79 Å². The van der Waals surface area contributed by atoms with Crippen LogP contribution in [0.3, 0.4) is 0 Å². The molecule has 0 unspecified atom stereocenters. The molecule has 0 radical (unpaired) electrons. The Labute approximate surface area is 156 Å². The molecule has 2 aromatic rings. The molecule has 0 fully saturated rings. The molecule has 0 aliphatic heterocycles. The van der Waals surface area contributed by atoms with Crippen LogP contribution < -0.4 is 10.1 Å². The fourth-order valence-electron chi connectivity index (χ4n) is 2.99. The maximum Gasteiger partial charge on any atom is 0.318 e. The van der Waals surface area contributed by atoms with E-state index in [2.05, 4.69) is 31.1 Å². The number of para-hydroxylation sites is 1. The van der Waals surface area contributed by atoms with E-state index in [1.54, 1.807) is 13.3 Å². The van der Waals surface area contributed by atoms with Crippen molar-refractivity contribution in [1.29, 1.82) is 0 Å². The minimum absolute atomic E-state index is 0.0838. The van der Waals surface area contributed by atoms with Gasteiger partial charge in [0.05, 0.1) is 19.7 Å². The molecule has 1 aromatic carbocycles. The summed E-state index contributed by atoms with van der Waals surface area (Å²) >= 11 is 0. The van der Waals surface area contributed by atoms with Crippen LogP contribution in [-0.2, 0) is 13.6 Å². The number of aromatic nitrogens is 2. The third kappa shape index (κ3) is 4.77.